The maximum atomic E-state index is 10.3. The van der Waals surface area contributed by atoms with Crippen LogP contribution in [0.2, 0.25) is 0 Å². The van der Waals surface area contributed by atoms with Gasteiger partial charge in [0.15, 0.2) is 0 Å². The molecule has 0 radical (unpaired) electrons. The predicted molar refractivity (Wildman–Crippen MR) is 137 cm³/mol. The predicted octanol–water partition coefficient (Wildman–Crippen LogP) is 1.78. The summed E-state index contributed by atoms with van der Waals surface area (Å²) in [5.74, 6) is -3.08. The number of para-hydroxylation sites is 2. The number of rotatable bonds is 4. The molecule has 0 bridgehead atoms. The zero-order valence-corrected chi connectivity index (χ0v) is 24.6. The summed E-state index contributed by atoms with van der Waals surface area (Å²) in [5.41, 5.74) is 0.260. The Balaban J connectivity index is 0.000000295. The topological polar surface area (TPSA) is 225 Å². The minimum atomic E-state index is -1.54. The molecule has 0 unspecified atom stereocenters. The monoisotopic (exact) mass is 645 g/mol. The minimum absolute atomic E-state index is 0. The standard InChI is InChI=1S/C12H8N2.2C7H5NO4.Cd.H2O/c1-3-9-5-6-10-4-2-8-14-12(10)11(9)13-7-1;2*9-7(10)5-3-1-2-4-6(5)8(11)12;;/h1-8H;2*1-4H,(H,9,10);;1H2/q;;;+2;/p-1. The summed E-state index contributed by atoms with van der Waals surface area (Å²) in [6, 6.07) is 22.2. The molecule has 5 rings (SSSR count). The van der Waals surface area contributed by atoms with Gasteiger partial charge in [-0.2, -0.15) is 0 Å². The number of aromatic nitrogens is 2. The summed E-state index contributed by atoms with van der Waals surface area (Å²) < 4.78 is 0. The Morgan fingerprint density at radius 3 is 1.23 bits per heavy atom. The van der Waals surface area contributed by atoms with Gasteiger partial charge in [-0.3, -0.25) is 30.2 Å². The van der Waals surface area contributed by atoms with E-state index in [9.17, 15) is 40.0 Å². The summed E-state index contributed by atoms with van der Waals surface area (Å²) in [7, 11) is 0. The molecule has 14 heteroatoms. The molecule has 0 atom stereocenters. The average Bonchev–Trinajstić information content (AvgIpc) is 2.93. The first-order valence-electron chi connectivity index (χ1n) is 10.7. The molecule has 3 N–H and O–H groups in total. The number of carbonyl (C=O) groups excluding carboxylic acids is 2. The van der Waals surface area contributed by atoms with Crippen molar-refractivity contribution in [2.24, 2.45) is 0 Å². The van der Waals surface area contributed by atoms with Gasteiger partial charge < -0.3 is 25.3 Å². The number of benzene rings is 3. The van der Waals surface area contributed by atoms with E-state index < -0.39 is 44.3 Å². The number of carboxylic acid groups (broad SMARTS) is 2. The number of aromatic carboxylic acids is 2. The number of carboxylic acids is 2. The summed E-state index contributed by atoms with van der Waals surface area (Å²) >= 11 is 0. The third-order valence-electron chi connectivity index (χ3n) is 4.99. The number of carbonyl (C=O) groups is 2. The van der Waals surface area contributed by atoms with E-state index >= 15 is 0 Å². The van der Waals surface area contributed by atoms with Crippen LogP contribution in [0.3, 0.4) is 0 Å². The Morgan fingerprint density at radius 2 is 0.925 bits per heavy atom. The van der Waals surface area contributed by atoms with Gasteiger partial charge in [0.2, 0.25) is 0 Å². The number of fused-ring (bicyclic) bond motifs is 3. The Hall–Kier alpha value is -4.90. The molecule has 198 valence electrons. The van der Waals surface area contributed by atoms with Crippen molar-refractivity contribution in [2.75, 3.05) is 0 Å². The normalized spacial score (nSPS) is 9.40. The summed E-state index contributed by atoms with van der Waals surface area (Å²) in [4.78, 5) is 48.3. The van der Waals surface area contributed by atoms with E-state index in [4.69, 9.17) is 0 Å². The maximum Gasteiger partial charge on any atom is 2.00 e. The molecule has 5 aromatic rings. The van der Waals surface area contributed by atoms with Crippen LogP contribution in [0.4, 0.5) is 11.4 Å². The van der Waals surface area contributed by atoms with Crippen molar-refractivity contribution in [3.05, 3.63) is 129 Å². The molecule has 0 saturated carbocycles. The molecule has 0 fully saturated rings. The van der Waals surface area contributed by atoms with E-state index in [2.05, 4.69) is 34.2 Å². The first kappa shape index (κ1) is 33.1. The van der Waals surface area contributed by atoms with E-state index in [1.54, 1.807) is 12.4 Å². The number of hydrogen-bond acceptors (Lipinski definition) is 10. The second kappa shape index (κ2) is 15.5. The number of nitro benzene ring substituents is 2. The molecule has 0 aliphatic heterocycles. The van der Waals surface area contributed by atoms with Gasteiger partial charge in [-0.25, -0.2) is 0 Å². The van der Waals surface area contributed by atoms with E-state index in [-0.39, 0.29) is 32.8 Å². The number of nitro groups is 2. The van der Waals surface area contributed by atoms with Gasteiger partial charge in [-0.1, -0.05) is 48.5 Å². The van der Waals surface area contributed by atoms with E-state index in [1.807, 2.05) is 12.1 Å². The Morgan fingerprint density at radius 1 is 0.575 bits per heavy atom. The van der Waals surface area contributed by atoms with Gasteiger partial charge in [0.1, 0.15) is 0 Å². The van der Waals surface area contributed by atoms with Crippen LogP contribution in [-0.2, 0) is 32.8 Å². The third-order valence-corrected chi connectivity index (χ3v) is 4.99. The Kier molecular flexibility index (Phi) is 12.8. The fraction of sp³-hybridized carbons (Fsp3) is 0. The largest absolute Gasteiger partial charge is 2.00 e. The first-order chi connectivity index (χ1) is 18.2. The minimum Gasteiger partial charge on any atom is -0.545 e. The molecule has 13 nitrogen and oxygen atoms in total. The number of nitrogens with zero attached hydrogens (tertiary/aromatic N) is 4. The number of hydrogen-bond donors (Lipinski definition) is 0. The van der Waals surface area contributed by atoms with Crippen molar-refractivity contribution >= 4 is 45.1 Å². The molecule has 2 aromatic heterocycles. The average molecular weight is 644 g/mol. The Bertz CT molecular complexity index is 1480. The van der Waals surface area contributed by atoms with Crippen molar-refractivity contribution in [2.45, 2.75) is 0 Å². The van der Waals surface area contributed by atoms with E-state index in [0.717, 1.165) is 46.1 Å². The van der Waals surface area contributed by atoms with E-state index in [1.165, 1.54) is 24.3 Å². The molecule has 2 heterocycles. The van der Waals surface area contributed by atoms with Crippen molar-refractivity contribution in [3.8, 4) is 0 Å². The Labute approximate surface area is 245 Å². The number of pyridine rings is 2. The zero-order valence-electron chi connectivity index (χ0n) is 20.6. The maximum absolute atomic E-state index is 10.3. The second-order valence-corrected chi connectivity index (χ2v) is 7.34. The second-order valence-electron chi connectivity index (χ2n) is 7.34. The quantitative estimate of drug-likeness (QED) is 0.0906. The summed E-state index contributed by atoms with van der Waals surface area (Å²) in [5, 5.41) is 43.4. The summed E-state index contributed by atoms with van der Waals surface area (Å²) in [6.45, 7) is 0. The third kappa shape index (κ3) is 8.30. The smallest absolute Gasteiger partial charge is 0.545 e. The molecular weight excluding hydrogens is 625 g/mol. The molecule has 0 saturated heterocycles. The zero-order chi connectivity index (χ0) is 27.7. The molecule has 40 heavy (non-hydrogen) atoms. The van der Waals surface area contributed by atoms with Gasteiger partial charge in [-0.05, 0) is 24.3 Å². The van der Waals surface area contributed by atoms with Gasteiger partial charge in [0.25, 0.3) is 11.4 Å². The van der Waals surface area contributed by atoms with Crippen LogP contribution >= 0.6 is 0 Å². The molecule has 3 aromatic carbocycles. The molecule has 0 spiro atoms. The van der Waals surface area contributed by atoms with Crippen LogP contribution in [0.1, 0.15) is 20.7 Å². The van der Waals surface area contributed by atoms with Gasteiger partial charge in [-0.15, -0.1) is 0 Å². The fourth-order valence-corrected chi connectivity index (χ4v) is 3.29. The van der Waals surface area contributed by atoms with Crippen molar-refractivity contribution in [3.63, 3.8) is 0 Å². The van der Waals surface area contributed by atoms with E-state index in [0.29, 0.717) is 0 Å². The van der Waals surface area contributed by atoms with Crippen LogP contribution in [0.15, 0.2) is 97.3 Å². The van der Waals surface area contributed by atoms with Crippen LogP contribution in [0, 0.1) is 20.2 Å². The van der Waals surface area contributed by atoms with Gasteiger partial charge >= 0.3 is 27.3 Å². The SMILES string of the molecule is O=C([O-])c1ccccc1[N+](=O)[O-].O=C([O-])c1ccccc1[N+](=O)[O-].[Cd+2].[OH3+].c1cnc2c(c1)ccc1cccnc12. The van der Waals surface area contributed by atoms with Crippen LogP contribution < -0.4 is 10.2 Å². The first-order valence-corrected chi connectivity index (χ1v) is 10.7. The molecule has 0 amide bonds. The molecular formula is C26H19CdN4O9+. The van der Waals surface area contributed by atoms with Crippen LogP contribution in [0.5, 0.6) is 0 Å². The van der Waals surface area contributed by atoms with Crippen LogP contribution in [0.25, 0.3) is 21.8 Å². The van der Waals surface area contributed by atoms with Crippen molar-refractivity contribution in [1.29, 1.82) is 0 Å². The van der Waals surface area contributed by atoms with Crippen molar-refractivity contribution in [1.82, 2.24) is 9.97 Å². The van der Waals surface area contributed by atoms with Crippen LogP contribution in [-0.4, -0.2) is 31.8 Å². The van der Waals surface area contributed by atoms with Gasteiger partial charge in [0, 0.05) is 35.3 Å². The fourth-order valence-electron chi connectivity index (χ4n) is 3.29. The molecule has 0 aliphatic carbocycles. The summed E-state index contributed by atoms with van der Waals surface area (Å²) in [6.07, 6.45) is 3.60. The van der Waals surface area contributed by atoms with Gasteiger partial charge in [0.05, 0.1) is 43.9 Å². The molecule has 0 aliphatic rings. The van der Waals surface area contributed by atoms with Crippen molar-refractivity contribution < 1.29 is 62.4 Å².